The van der Waals surface area contributed by atoms with Crippen molar-refractivity contribution >= 4 is 27.2 Å². The third-order valence-electron chi connectivity index (χ3n) is 1.91. The summed E-state index contributed by atoms with van der Waals surface area (Å²) in [5.41, 5.74) is 5.10. The number of hydrogen-bond acceptors (Lipinski definition) is 5. The van der Waals surface area contributed by atoms with Crippen LogP contribution in [0.25, 0.3) is 6.08 Å². The van der Waals surface area contributed by atoms with Crippen molar-refractivity contribution in [2.24, 2.45) is 5.73 Å². The maximum absolute atomic E-state index is 10.6. The Morgan fingerprint density at radius 1 is 1.50 bits per heavy atom. The molecule has 1 aromatic heterocycles. The first-order chi connectivity index (χ1) is 8.35. The van der Waals surface area contributed by atoms with Crippen molar-refractivity contribution in [3.8, 4) is 11.5 Å². The highest BCUT2D eigenvalue weighted by molar-refractivity contribution is 7.55. The lowest BCUT2D eigenvalue weighted by Gasteiger charge is -2.03. The lowest BCUT2D eigenvalue weighted by atomic mass is 10.1. The van der Waals surface area contributed by atoms with Gasteiger partial charge < -0.3 is 29.8 Å². The maximum atomic E-state index is 10.6. The molecule has 0 saturated carbocycles. The summed E-state index contributed by atoms with van der Waals surface area (Å²) < 4.78 is 20.7. The molecule has 0 saturated heterocycles. The summed E-state index contributed by atoms with van der Waals surface area (Å²) in [4.78, 5) is 17.3. The van der Waals surface area contributed by atoms with Crippen LogP contribution in [0.2, 0.25) is 0 Å². The quantitative estimate of drug-likeness (QED) is 0.317. The molecule has 0 bridgehead atoms. The standard InChI is InChI=1S/C9H13BNO6P/c10-9-8(16-4-1-3-11)7(12)6(17-9)2-5-18(13,14)15/h2,5,12H,1,3-4,11H2,(H2,13,14,15)/b5-2+. The van der Waals surface area contributed by atoms with Gasteiger partial charge >= 0.3 is 7.60 Å². The lowest BCUT2D eigenvalue weighted by Crippen LogP contribution is -2.10. The van der Waals surface area contributed by atoms with Gasteiger partial charge in [-0.2, -0.15) is 0 Å². The summed E-state index contributed by atoms with van der Waals surface area (Å²) in [6.45, 7) is 0.666. The molecule has 0 aliphatic rings. The predicted molar refractivity (Wildman–Crippen MR) is 66.0 cm³/mol. The van der Waals surface area contributed by atoms with Crippen molar-refractivity contribution in [2.45, 2.75) is 6.42 Å². The van der Waals surface area contributed by atoms with Gasteiger partial charge in [0.25, 0.3) is 0 Å². The van der Waals surface area contributed by atoms with E-state index in [9.17, 15) is 9.67 Å². The third-order valence-corrected chi connectivity index (χ3v) is 2.44. The highest BCUT2D eigenvalue weighted by Crippen LogP contribution is 2.39. The van der Waals surface area contributed by atoms with Crippen LogP contribution in [0.5, 0.6) is 11.5 Å². The van der Waals surface area contributed by atoms with Crippen molar-refractivity contribution in [3.05, 3.63) is 11.6 Å². The number of ether oxygens (including phenoxy) is 1. The van der Waals surface area contributed by atoms with Crippen LogP contribution in [0.3, 0.4) is 0 Å². The Balaban J connectivity index is 2.87. The fraction of sp³-hybridized carbons (Fsp3) is 0.333. The van der Waals surface area contributed by atoms with Gasteiger partial charge in [0.15, 0.2) is 19.4 Å². The van der Waals surface area contributed by atoms with Crippen LogP contribution in [-0.2, 0) is 4.57 Å². The van der Waals surface area contributed by atoms with E-state index >= 15 is 0 Å². The number of nitrogens with two attached hydrogens (primary N) is 1. The number of aromatic hydroxyl groups is 1. The zero-order chi connectivity index (χ0) is 13.8. The highest BCUT2D eigenvalue weighted by atomic mass is 31.2. The molecule has 5 N–H and O–H groups in total. The van der Waals surface area contributed by atoms with Crippen LogP contribution in [0.15, 0.2) is 10.2 Å². The van der Waals surface area contributed by atoms with Gasteiger partial charge in [-0.05, 0) is 19.0 Å². The molecule has 0 atom stereocenters. The summed E-state index contributed by atoms with van der Waals surface area (Å²) in [5.74, 6) is -0.0594. The highest BCUT2D eigenvalue weighted by Gasteiger charge is 2.17. The second-order valence-corrected chi connectivity index (χ2v) is 4.88. The van der Waals surface area contributed by atoms with Crippen molar-refractivity contribution in [2.75, 3.05) is 13.2 Å². The predicted octanol–water partition coefficient (Wildman–Crippen LogP) is -0.345. The lowest BCUT2D eigenvalue weighted by molar-refractivity contribution is 0.299. The topological polar surface area (TPSA) is 126 Å². The molecule has 18 heavy (non-hydrogen) atoms. The Labute approximate surface area is 105 Å². The van der Waals surface area contributed by atoms with Crippen LogP contribution in [0, 0.1) is 0 Å². The minimum Gasteiger partial charge on any atom is -0.502 e. The second kappa shape index (κ2) is 6.11. The minimum atomic E-state index is -4.33. The zero-order valence-electron chi connectivity index (χ0n) is 9.44. The molecule has 98 valence electrons. The van der Waals surface area contributed by atoms with E-state index in [0.29, 0.717) is 18.8 Å². The number of rotatable bonds is 6. The van der Waals surface area contributed by atoms with E-state index in [4.69, 9.17) is 32.5 Å². The van der Waals surface area contributed by atoms with Gasteiger partial charge in [0, 0.05) is 5.82 Å². The summed E-state index contributed by atoms with van der Waals surface area (Å²) >= 11 is 0. The Kier molecular flexibility index (Phi) is 5.04. The van der Waals surface area contributed by atoms with Crippen molar-refractivity contribution in [3.63, 3.8) is 0 Å². The summed E-state index contributed by atoms with van der Waals surface area (Å²) in [6, 6.07) is 0. The molecule has 0 aliphatic heterocycles. The van der Waals surface area contributed by atoms with Gasteiger partial charge in [-0.1, -0.05) is 0 Å². The third kappa shape index (κ3) is 4.23. The summed E-state index contributed by atoms with van der Waals surface area (Å²) in [6.07, 6.45) is 1.50. The normalized spacial score (nSPS) is 12.2. The molecule has 1 heterocycles. The molecule has 1 rings (SSSR count). The Bertz CT molecular complexity index is 480. The van der Waals surface area contributed by atoms with Crippen molar-refractivity contribution in [1.29, 1.82) is 0 Å². The Hall–Kier alpha value is -1.21. The van der Waals surface area contributed by atoms with E-state index < -0.39 is 13.3 Å². The Morgan fingerprint density at radius 2 is 2.17 bits per heavy atom. The van der Waals surface area contributed by atoms with Gasteiger partial charge in [0.05, 0.1) is 12.3 Å². The average molecular weight is 273 g/mol. The molecule has 0 aromatic carbocycles. The maximum Gasteiger partial charge on any atom is 0.349 e. The van der Waals surface area contributed by atoms with E-state index in [1.165, 1.54) is 0 Å². The Morgan fingerprint density at radius 3 is 2.72 bits per heavy atom. The minimum absolute atomic E-state index is 0.0613. The second-order valence-electron chi connectivity index (χ2n) is 3.40. The molecule has 0 spiro atoms. The van der Waals surface area contributed by atoms with Crippen molar-refractivity contribution < 1.29 is 28.6 Å². The van der Waals surface area contributed by atoms with Gasteiger partial charge in [-0.15, -0.1) is 0 Å². The average Bonchev–Trinajstić information content (AvgIpc) is 2.53. The molecule has 2 radical (unpaired) electrons. The molecule has 7 nitrogen and oxygen atoms in total. The van der Waals surface area contributed by atoms with E-state index in [-0.39, 0.29) is 23.8 Å². The fourth-order valence-electron chi connectivity index (χ4n) is 1.12. The van der Waals surface area contributed by atoms with Crippen LogP contribution >= 0.6 is 7.60 Å². The van der Waals surface area contributed by atoms with Gasteiger partial charge in [-0.3, -0.25) is 4.57 Å². The van der Waals surface area contributed by atoms with Gasteiger partial charge in [0.1, 0.15) is 0 Å². The first kappa shape index (κ1) is 14.9. The SMILES string of the molecule is [B]c1oc(/C=C/P(=O)(O)O)c(O)c1OCCCN. The number of hydrogen-bond donors (Lipinski definition) is 4. The fourth-order valence-corrected chi connectivity index (χ4v) is 1.45. The number of furan rings is 1. The summed E-state index contributed by atoms with van der Waals surface area (Å²) in [7, 11) is 1.12. The first-order valence-corrected chi connectivity index (χ1v) is 6.72. The monoisotopic (exact) mass is 273 g/mol. The van der Waals surface area contributed by atoms with Crippen LogP contribution in [0.4, 0.5) is 0 Å². The van der Waals surface area contributed by atoms with Gasteiger partial charge in [-0.25, -0.2) is 0 Å². The smallest absolute Gasteiger partial charge is 0.349 e. The molecule has 0 amide bonds. The first-order valence-electron chi connectivity index (χ1n) is 5.03. The van der Waals surface area contributed by atoms with E-state index in [1.54, 1.807) is 0 Å². The molecule has 0 aliphatic carbocycles. The molecule has 0 fully saturated rings. The van der Waals surface area contributed by atoms with Crippen LogP contribution in [0.1, 0.15) is 12.2 Å². The zero-order valence-corrected chi connectivity index (χ0v) is 10.3. The molecule has 9 heteroatoms. The molecular formula is C9H13BNO6P. The van der Waals surface area contributed by atoms with E-state index in [0.717, 1.165) is 6.08 Å². The van der Waals surface area contributed by atoms with Crippen molar-refractivity contribution in [1.82, 2.24) is 0 Å². The van der Waals surface area contributed by atoms with E-state index in [1.807, 2.05) is 0 Å². The molecule has 1 aromatic rings. The van der Waals surface area contributed by atoms with Crippen LogP contribution in [-0.4, -0.2) is 35.9 Å². The van der Waals surface area contributed by atoms with Gasteiger partial charge in [0.2, 0.25) is 5.75 Å². The van der Waals surface area contributed by atoms with Crippen LogP contribution < -0.4 is 16.1 Å². The summed E-state index contributed by atoms with van der Waals surface area (Å²) in [5, 5.41) is 9.67. The largest absolute Gasteiger partial charge is 0.502 e. The molecule has 0 unspecified atom stereocenters. The molecular weight excluding hydrogens is 260 g/mol. The van der Waals surface area contributed by atoms with E-state index in [2.05, 4.69) is 0 Å².